The Morgan fingerprint density at radius 3 is 1.62 bits per heavy atom. The van der Waals surface area contributed by atoms with E-state index in [1.54, 1.807) is 18.2 Å². The van der Waals surface area contributed by atoms with Crippen LogP contribution in [0.4, 0.5) is 0 Å². The molecule has 0 amide bonds. The summed E-state index contributed by atoms with van der Waals surface area (Å²) >= 11 is 4.62. The van der Waals surface area contributed by atoms with Crippen molar-refractivity contribution in [2.24, 2.45) is 0 Å². The van der Waals surface area contributed by atoms with Gasteiger partial charge in [0, 0.05) is 13.2 Å². The number of unbranched alkanes of at least 4 members (excludes halogenated alkanes) is 3. The SMILES string of the molecule is OCc1c[c-]ccc1CO.[CH2-]CCCCC.[O]=[Co].[O]=[Co].[c-]1cc[c-]cc1. The molecule has 152 valence electrons. The molecule has 2 aromatic carbocycles. The van der Waals surface area contributed by atoms with Crippen LogP contribution in [0.25, 0.3) is 0 Å². The van der Waals surface area contributed by atoms with Crippen LogP contribution in [-0.4, -0.2) is 10.2 Å². The summed E-state index contributed by atoms with van der Waals surface area (Å²) in [5.74, 6) is 0. The second kappa shape index (κ2) is 28.8. The summed E-state index contributed by atoms with van der Waals surface area (Å²) in [5.41, 5.74) is 1.51. The molecule has 2 rings (SSSR count). The molecule has 0 aliphatic heterocycles. The van der Waals surface area contributed by atoms with Crippen molar-refractivity contribution in [1.29, 1.82) is 0 Å². The number of aliphatic hydroxyl groups excluding tert-OH is 2. The third kappa shape index (κ3) is 21.0. The predicted molar refractivity (Wildman–Crippen MR) is 92.1 cm³/mol. The second-order valence-electron chi connectivity index (χ2n) is 4.57. The average molecular weight is 448 g/mol. The molecule has 0 bridgehead atoms. The predicted octanol–water partition coefficient (Wildman–Crippen LogP) is 3.92. The van der Waals surface area contributed by atoms with E-state index in [1.165, 1.54) is 19.3 Å². The molecule has 0 radical (unpaired) electrons. The second-order valence-corrected chi connectivity index (χ2v) is 4.57. The fraction of sp³-hybridized carbons (Fsp3) is 0.350. The van der Waals surface area contributed by atoms with E-state index in [1.807, 2.05) is 24.3 Å². The van der Waals surface area contributed by atoms with Gasteiger partial charge in [-0.15, -0.1) is 11.1 Å². The summed E-state index contributed by atoms with van der Waals surface area (Å²) in [7, 11) is 0. The Balaban J connectivity index is -0.000000289. The summed E-state index contributed by atoms with van der Waals surface area (Å²) in [5, 5.41) is 17.4. The van der Waals surface area contributed by atoms with E-state index in [9.17, 15) is 0 Å². The van der Waals surface area contributed by atoms with Gasteiger partial charge in [0.1, 0.15) is 0 Å². The smallest absolute Gasteiger partial charge is 0.288 e. The fourth-order valence-electron chi connectivity index (χ4n) is 1.53. The zero-order valence-corrected chi connectivity index (χ0v) is 17.0. The molecule has 0 aliphatic rings. The van der Waals surface area contributed by atoms with Crippen molar-refractivity contribution in [3.63, 3.8) is 0 Å². The Hall–Kier alpha value is -1.03. The van der Waals surface area contributed by atoms with Crippen LogP contribution in [0.2, 0.25) is 0 Å². The summed E-state index contributed by atoms with van der Waals surface area (Å²) in [6, 6.07) is 20.9. The van der Waals surface area contributed by atoms with Crippen molar-refractivity contribution >= 4 is 0 Å². The molecule has 0 spiro atoms. The topological polar surface area (TPSA) is 74.6 Å². The first-order valence-electron chi connectivity index (χ1n) is 7.88. The number of hydrogen-bond acceptors (Lipinski definition) is 4. The molecule has 2 aromatic rings. The van der Waals surface area contributed by atoms with Crippen LogP contribution in [-0.2, 0) is 52.3 Å². The minimum absolute atomic E-state index is 0.0232. The molecule has 0 aliphatic carbocycles. The van der Waals surface area contributed by atoms with E-state index in [-0.39, 0.29) is 13.2 Å². The molecule has 0 heterocycles. The van der Waals surface area contributed by atoms with E-state index in [4.69, 9.17) is 17.9 Å². The third-order valence-corrected chi connectivity index (χ3v) is 2.80. The molecule has 6 heteroatoms. The molecule has 0 saturated carbocycles. The Bertz CT molecular complexity index is 429. The largest absolute Gasteiger partial charge is 0.319 e. The van der Waals surface area contributed by atoms with Gasteiger partial charge in [0.15, 0.2) is 0 Å². The number of hydrogen-bond donors (Lipinski definition) is 2. The van der Waals surface area contributed by atoms with Crippen molar-refractivity contribution in [1.82, 2.24) is 0 Å². The third-order valence-electron chi connectivity index (χ3n) is 2.80. The van der Waals surface area contributed by atoms with Gasteiger partial charge in [-0.05, 0) is 0 Å². The van der Waals surface area contributed by atoms with E-state index < -0.39 is 0 Å². The Morgan fingerprint density at radius 2 is 1.35 bits per heavy atom. The monoisotopic (exact) mass is 448 g/mol. The van der Waals surface area contributed by atoms with E-state index in [2.05, 4.69) is 63.4 Å². The van der Waals surface area contributed by atoms with E-state index in [0.717, 1.165) is 17.5 Å². The molecule has 0 aromatic heterocycles. The van der Waals surface area contributed by atoms with Crippen molar-refractivity contribution in [2.45, 2.75) is 45.8 Å². The van der Waals surface area contributed by atoms with Crippen LogP contribution in [0.15, 0.2) is 42.5 Å². The number of aliphatic hydroxyl groups is 2. The van der Waals surface area contributed by atoms with Crippen LogP contribution in [0.5, 0.6) is 0 Å². The molecule has 4 nitrogen and oxygen atoms in total. The quantitative estimate of drug-likeness (QED) is 0.537. The molecular weight excluding hydrogens is 422 g/mol. The maximum absolute atomic E-state index is 8.72. The van der Waals surface area contributed by atoms with Gasteiger partial charge in [-0.25, -0.2) is 0 Å². The Labute approximate surface area is 173 Å². The minimum atomic E-state index is -0.0345. The van der Waals surface area contributed by atoms with Crippen molar-refractivity contribution in [2.75, 3.05) is 0 Å². The maximum atomic E-state index is 8.72. The summed E-state index contributed by atoms with van der Waals surface area (Å²) < 4.78 is 15.9. The molecule has 26 heavy (non-hydrogen) atoms. The van der Waals surface area contributed by atoms with Crippen LogP contribution in [0.1, 0.15) is 43.7 Å². The summed E-state index contributed by atoms with van der Waals surface area (Å²) in [6.07, 6.45) is 5.07. The first-order valence-corrected chi connectivity index (χ1v) is 8.73. The number of benzene rings is 2. The average Bonchev–Trinajstić information content (AvgIpc) is 2.77. The Kier molecular flexibility index (Phi) is 32.9. The molecule has 2 N–H and O–H groups in total. The first-order chi connectivity index (χ1) is 12.8. The van der Waals surface area contributed by atoms with Gasteiger partial charge in [-0.2, -0.15) is 30.7 Å². The summed E-state index contributed by atoms with van der Waals surface area (Å²) in [6.45, 7) is 5.87. The van der Waals surface area contributed by atoms with Crippen LogP contribution in [0, 0.1) is 25.1 Å². The van der Waals surface area contributed by atoms with Gasteiger partial charge in [0.05, 0.1) is 0 Å². The van der Waals surface area contributed by atoms with Gasteiger partial charge >= 0.3 is 39.1 Å². The standard InChI is InChI=1S/C8H9O2.C6H4.C6H13.2Co.2O/c9-5-7-3-1-2-4-8(7)6-10;1-2-4-6-5-3-1;1-3-5-6-4-2;;;;/h1,3-4,9-10H,5-6H2;1-2,5-6H;1,3-6H2,2H3;;;;/q-1;-2;-1;;;;. The van der Waals surface area contributed by atoms with Gasteiger partial charge in [0.25, 0.3) is 0 Å². The maximum Gasteiger partial charge on any atom is -0.288 e. The molecule has 0 unspecified atom stereocenters. The zero-order valence-electron chi connectivity index (χ0n) is 14.9. The molecular formula is C20H26Co2O4-4. The van der Waals surface area contributed by atoms with Crippen LogP contribution < -0.4 is 0 Å². The van der Waals surface area contributed by atoms with Crippen LogP contribution >= 0.6 is 0 Å². The molecule has 0 saturated heterocycles. The van der Waals surface area contributed by atoms with Crippen molar-refractivity contribution in [3.05, 3.63) is 78.7 Å². The van der Waals surface area contributed by atoms with Crippen molar-refractivity contribution < 1.29 is 49.3 Å². The summed E-state index contributed by atoms with van der Waals surface area (Å²) in [4.78, 5) is 0. The van der Waals surface area contributed by atoms with E-state index in [0.29, 0.717) is 0 Å². The molecule has 0 fully saturated rings. The van der Waals surface area contributed by atoms with Crippen molar-refractivity contribution in [3.8, 4) is 0 Å². The molecule has 0 atom stereocenters. The normalized spacial score (nSPS) is 8.08. The first kappa shape index (κ1) is 29.7. The van der Waals surface area contributed by atoms with Gasteiger partial charge in [-0.3, -0.25) is 24.3 Å². The minimum Gasteiger partial charge on any atom is -0.319 e. The Morgan fingerprint density at radius 1 is 0.846 bits per heavy atom. The zero-order chi connectivity index (χ0) is 20.5. The number of rotatable bonds is 5. The fourth-order valence-corrected chi connectivity index (χ4v) is 1.53. The van der Waals surface area contributed by atoms with Gasteiger partial charge in [-0.1, -0.05) is 26.2 Å². The van der Waals surface area contributed by atoms with E-state index >= 15 is 0 Å². The van der Waals surface area contributed by atoms with Gasteiger partial charge < -0.3 is 29.3 Å². The van der Waals surface area contributed by atoms with Crippen LogP contribution in [0.3, 0.4) is 0 Å². The van der Waals surface area contributed by atoms with Gasteiger partial charge in [0.2, 0.25) is 0 Å².